The van der Waals surface area contributed by atoms with Crippen LogP contribution in [0.15, 0.2) is 73.4 Å². The van der Waals surface area contributed by atoms with Crippen molar-refractivity contribution in [2.75, 3.05) is 36.5 Å². The fraction of sp³-hybridized carbons (Fsp3) is 0.217. The number of hydrogen-bond donors (Lipinski definition) is 1. The Morgan fingerprint density at radius 1 is 1.00 bits per heavy atom. The first-order chi connectivity index (χ1) is 15.3. The van der Waals surface area contributed by atoms with Gasteiger partial charge in [0.2, 0.25) is 5.95 Å². The Hall–Kier alpha value is -3.78. The van der Waals surface area contributed by atoms with Crippen LogP contribution in [0.4, 0.5) is 17.3 Å². The first-order valence-electron chi connectivity index (χ1n) is 10.3. The molecule has 4 heterocycles. The van der Waals surface area contributed by atoms with E-state index in [0.29, 0.717) is 12.5 Å². The molecule has 0 aliphatic carbocycles. The number of nitrogens with one attached hydrogen (secondary N) is 1. The van der Waals surface area contributed by atoms with Gasteiger partial charge in [-0.15, -0.1) is 0 Å². The summed E-state index contributed by atoms with van der Waals surface area (Å²) in [6.45, 7) is 3.94. The molecule has 4 aromatic rings. The molecule has 0 unspecified atom stereocenters. The van der Waals surface area contributed by atoms with Gasteiger partial charge in [0.1, 0.15) is 0 Å². The van der Waals surface area contributed by atoms with Crippen molar-refractivity contribution in [3.63, 3.8) is 0 Å². The standard InChI is InChI=1S/C23H23N7O/c1-3-18(17-30-8-2-6-26-30)13-20(4-1)27-23-25-7-5-22(28-23)19-14-21(16-24-15-19)29-9-11-31-12-10-29/h1-8,13-16H,9-12,17H2,(H,25,27,28). The first-order valence-corrected chi connectivity index (χ1v) is 10.3. The molecule has 1 N–H and O–H groups in total. The number of benzene rings is 1. The van der Waals surface area contributed by atoms with Crippen molar-refractivity contribution in [2.45, 2.75) is 6.54 Å². The van der Waals surface area contributed by atoms with E-state index in [4.69, 9.17) is 9.72 Å². The second-order valence-corrected chi connectivity index (χ2v) is 7.33. The summed E-state index contributed by atoms with van der Waals surface area (Å²) in [5.41, 5.74) is 4.95. The predicted molar refractivity (Wildman–Crippen MR) is 119 cm³/mol. The Balaban J connectivity index is 1.34. The van der Waals surface area contributed by atoms with Gasteiger partial charge >= 0.3 is 0 Å². The summed E-state index contributed by atoms with van der Waals surface area (Å²) in [7, 11) is 0. The molecule has 0 amide bonds. The molecule has 156 valence electrons. The lowest BCUT2D eigenvalue weighted by Gasteiger charge is -2.28. The summed E-state index contributed by atoms with van der Waals surface area (Å²) in [5.74, 6) is 0.547. The summed E-state index contributed by atoms with van der Waals surface area (Å²) >= 11 is 0. The third kappa shape index (κ3) is 4.70. The Labute approximate surface area is 180 Å². The Morgan fingerprint density at radius 2 is 1.94 bits per heavy atom. The van der Waals surface area contributed by atoms with Crippen LogP contribution >= 0.6 is 0 Å². The molecule has 0 spiro atoms. The summed E-state index contributed by atoms with van der Waals surface area (Å²) < 4.78 is 7.34. The Bertz CT molecular complexity index is 1140. The third-order valence-corrected chi connectivity index (χ3v) is 5.14. The van der Waals surface area contributed by atoms with E-state index >= 15 is 0 Å². The van der Waals surface area contributed by atoms with Gasteiger partial charge in [-0.2, -0.15) is 5.10 Å². The topological polar surface area (TPSA) is 81.0 Å². The molecule has 8 nitrogen and oxygen atoms in total. The van der Waals surface area contributed by atoms with Crippen LogP contribution in [0, 0.1) is 0 Å². The maximum absolute atomic E-state index is 5.45. The molecule has 8 heteroatoms. The lowest BCUT2D eigenvalue weighted by Crippen LogP contribution is -2.36. The number of hydrogen-bond acceptors (Lipinski definition) is 7. The van der Waals surface area contributed by atoms with E-state index in [1.54, 1.807) is 12.4 Å². The number of morpholine rings is 1. The molecular weight excluding hydrogens is 390 g/mol. The number of ether oxygens (including phenoxy) is 1. The zero-order valence-electron chi connectivity index (χ0n) is 17.1. The highest BCUT2D eigenvalue weighted by atomic mass is 16.5. The van der Waals surface area contributed by atoms with Gasteiger partial charge in [-0.3, -0.25) is 9.67 Å². The molecule has 31 heavy (non-hydrogen) atoms. The lowest BCUT2D eigenvalue weighted by atomic mass is 10.2. The van der Waals surface area contributed by atoms with Crippen molar-refractivity contribution in [1.82, 2.24) is 24.7 Å². The van der Waals surface area contributed by atoms with E-state index < -0.39 is 0 Å². The smallest absolute Gasteiger partial charge is 0.227 e. The fourth-order valence-corrected chi connectivity index (χ4v) is 3.60. The quantitative estimate of drug-likeness (QED) is 0.519. The molecular formula is C23H23N7O. The highest BCUT2D eigenvalue weighted by Gasteiger charge is 2.13. The first kappa shape index (κ1) is 19.2. The molecule has 0 radical (unpaired) electrons. The maximum atomic E-state index is 5.45. The Morgan fingerprint density at radius 3 is 2.81 bits per heavy atom. The van der Waals surface area contributed by atoms with Crippen LogP contribution in [0.25, 0.3) is 11.3 Å². The van der Waals surface area contributed by atoms with Gasteiger partial charge in [0.25, 0.3) is 0 Å². The average Bonchev–Trinajstić information content (AvgIpc) is 3.33. The van der Waals surface area contributed by atoms with Crippen molar-refractivity contribution < 1.29 is 4.74 Å². The van der Waals surface area contributed by atoms with E-state index in [-0.39, 0.29) is 0 Å². The van der Waals surface area contributed by atoms with E-state index in [2.05, 4.69) is 43.5 Å². The van der Waals surface area contributed by atoms with Gasteiger partial charge in [-0.25, -0.2) is 9.97 Å². The van der Waals surface area contributed by atoms with Gasteiger partial charge in [0, 0.05) is 49.1 Å². The van der Waals surface area contributed by atoms with Crippen LogP contribution in [0.5, 0.6) is 0 Å². The molecule has 1 aliphatic heterocycles. The second-order valence-electron chi connectivity index (χ2n) is 7.33. The fourth-order valence-electron chi connectivity index (χ4n) is 3.60. The molecule has 0 saturated carbocycles. The number of aromatic nitrogens is 5. The molecule has 1 aliphatic rings. The minimum absolute atomic E-state index is 0.547. The van der Waals surface area contributed by atoms with Crippen LogP contribution in [-0.4, -0.2) is 51.0 Å². The number of anilines is 3. The highest BCUT2D eigenvalue weighted by molar-refractivity contribution is 5.65. The number of nitrogens with zero attached hydrogens (tertiary/aromatic N) is 6. The summed E-state index contributed by atoms with van der Waals surface area (Å²) in [5, 5.41) is 7.58. The highest BCUT2D eigenvalue weighted by Crippen LogP contribution is 2.24. The van der Waals surface area contributed by atoms with Gasteiger partial charge in [0.15, 0.2) is 0 Å². The van der Waals surface area contributed by atoms with Gasteiger partial charge in [-0.05, 0) is 35.9 Å². The van der Waals surface area contributed by atoms with Crippen LogP contribution in [0.2, 0.25) is 0 Å². The van der Waals surface area contributed by atoms with E-state index in [1.165, 1.54) is 0 Å². The van der Waals surface area contributed by atoms with Gasteiger partial charge in [-0.1, -0.05) is 12.1 Å². The molecule has 0 bridgehead atoms. The normalized spacial score (nSPS) is 13.9. The third-order valence-electron chi connectivity index (χ3n) is 5.14. The van der Waals surface area contributed by atoms with E-state index in [9.17, 15) is 0 Å². The maximum Gasteiger partial charge on any atom is 0.227 e. The molecule has 0 atom stereocenters. The molecule has 3 aromatic heterocycles. The lowest BCUT2D eigenvalue weighted by molar-refractivity contribution is 0.122. The Kier molecular flexibility index (Phi) is 5.53. The van der Waals surface area contributed by atoms with Gasteiger partial charge in [0.05, 0.1) is 37.3 Å². The van der Waals surface area contributed by atoms with Crippen molar-refractivity contribution in [1.29, 1.82) is 0 Å². The molecule has 1 aromatic carbocycles. The van der Waals surface area contributed by atoms with E-state index in [0.717, 1.165) is 54.5 Å². The van der Waals surface area contributed by atoms with Gasteiger partial charge < -0.3 is 15.0 Å². The predicted octanol–water partition coefficient (Wildman–Crippen LogP) is 3.36. The van der Waals surface area contributed by atoms with Crippen LogP contribution in [0.3, 0.4) is 0 Å². The minimum Gasteiger partial charge on any atom is -0.378 e. The SMILES string of the molecule is c1cc(Cn2cccn2)cc(Nc2nccc(-c3cncc(N4CCOCC4)c3)n2)c1. The molecule has 1 saturated heterocycles. The minimum atomic E-state index is 0.547. The summed E-state index contributed by atoms with van der Waals surface area (Å²) in [6.07, 6.45) is 9.22. The second kappa shape index (κ2) is 8.93. The van der Waals surface area contributed by atoms with Crippen molar-refractivity contribution in [2.24, 2.45) is 0 Å². The zero-order valence-corrected chi connectivity index (χ0v) is 17.1. The van der Waals surface area contributed by atoms with Crippen molar-refractivity contribution in [3.8, 4) is 11.3 Å². The monoisotopic (exact) mass is 413 g/mol. The average molecular weight is 413 g/mol. The summed E-state index contributed by atoms with van der Waals surface area (Å²) in [6, 6.07) is 14.1. The van der Waals surface area contributed by atoms with Crippen LogP contribution in [-0.2, 0) is 11.3 Å². The van der Waals surface area contributed by atoms with Crippen molar-refractivity contribution >= 4 is 17.3 Å². The molecule has 1 fully saturated rings. The van der Waals surface area contributed by atoms with Crippen LogP contribution in [0.1, 0.15) is 5.56 Å². The molecule has 5 rings (SSSR count). The van der Waals surface area contributed by atoms with E-state index in [1.807, 2.05) is 47.5 Å². The van der Waals surface area contributed by atoms with Crippen molar-refractivity contribution in [3.05, 3.63) is 79.0 Å². The van der Waals surface area contributed by atoms with Crippen LogP contribution < -0.4 is 10.2 Å². The largest absolute Gasteiger partial charge is 0.378 e. The zero-order chi connectivity index (χ0) is 20.9. The number of pyridine rings is 1. The summed E-state index contributed by atoms with van der Waals surface area (Å²) in [4.78, 5) is 15.8. The number of rotatable bonds is 6.